The van der Waals surface area contributed by atoms with Crippen LogP contribution in [0.4, 0.5) is 31.9 Å². The molecular formula is C40H47F2N9O7. The number of piperidine rings is 2. The SMILES string of the molecule is COc1cc(C(=O)NC2CCN(C(=O)CCCOc3cccc(C4CCC(=O)NC4=O)n3)CC2)ccc1Nc1ncc2c(n1)N(C1CCCC1)CC(F)(F)C(=O)N2C. The number of fused-ring (bicyclic) bond motifs is 1. The van der Waals surface area contributed by atoms with Gasteiger partial charge in [-0.3, -0.25) is 29.3 Å². The van der Waals surface area contributed by atoms with Crippen LogP contribution in [0, 0.1) is 0 Å². The molecule has 3 N–H and O–H groups in total. The van der Waals surface area contributed by atoms with Gasteiger partial charge in [0, 0.05) is 56.7 Å². The number of ether oxygens (including phenoxy) is 2. The smallest absolute Gasteiger partial charge is 0.342 e. The van der Waals surface area contributed by atoms with Crippen molar-refractivity contribution in [3.63, 3.8) is 0 Å². The van der Waals surface area contributed by atoms with Crippen LogP contribution >= 0.6 is 0 Å². The van der Waals surface area contributed by atoms with Gasteiger partial charge in [-0.1, -0.05) is 18.9 Å². The molecule has 1 aromatic carbocycles. The van der Waals surface area contributed by atoms with Crippen molar-refractivity contribution >= 4 is 52.7 Å². The maximum Gasteiger partial charge on any atom is 0.342 e. The highest BCUT2D eigenvalue weighted by Gasteiger charge is 2.49. The minimum Gasteiger partial charge on any atom is -0.495 e. The number of hydrogen-bond donors (Lipinski definition) is 3. The van der Waals surface area contributed by atoms with Crippen LogP contribution in [0.2, 0.25) is 0 Å². The van der Waals surface area contributed by atoms with E-state index in [1.807, 2.05) is 0 Å². The summed E-state index contributed by atoms with van der Waals surface area (Å²) in [5.41, 5.74) is 1.54. The molecule has 0 spiro atoms. The largest absolute Gasteiger partial charge is 0.495 e. The molecule has 5 amide bonds. The van der Waals surface area contributed by atoms with E-state index in [0.717, 1.165) is 30.6 Å². The first-order valence-corrected chi connectivity index (χ1v) is 19.7. The van der Waals surface area contributed by atoms with E-state index in [0.29, 0.717) is 67.3 Å². The molecule has 1 unspecified atom stereocenters. The second kappa shape index (κ2) is 17.3. The van der Waals surface area contributed by atoms with Crippen LogP contribution in [-0.4, -0.2) is 108 Å². The second-order valence-electron chi connectivity index (χ2n) is 15.1. The highest BCUT2D eigenvalue weighted by atomic mass is 19.3. The van der Waals surface area contributed by atoms with Gasteiger partial charge in [-0.2, -0.15) is 13.8 Å². The predicted octanol–water partition coefficient (Wildman–Crippen LogP) is 4.08. The molecule has 18 heteroatoms. The second-order valence-corrected chi connectivity index (χ2v) is 15.1. The molecule has 3 aliphatic heterocycles. The summed E-state index contributed by atoms with van der Waals surface area (Å²) < 4.78 is 41.4. The van der Waals surface area contributed by atoms with Crippen LogP contribution in [0.25, 0.3) is 0 Å². The number of likely N-dealkylation sites (tertiary alicyclic amines) is 1. The minimum atomic E-state index is -3.59. The van der Waals surface area contributed by atoms with Crippen molar-refractivity contribution in [2.75, 3.05) is 55.5 Å². The lowest BCUT2D eigenvalue weighted by atomic mass is 9.94. The standard InChI is InChI=1S/C40H47F2N9O7/c1-49-30-22-43-39(48-35(30)51(26-7-3-4-8-26)23-40(41,42)38(49)56)46-29-14-12-24(21-31(29)57-2)36(54)44-25-16-18-50(19-17-25)34(53)11-6-20-58-33-10-5-9-28(45-33)27-13-15-32(52)47-37(27)55/h5,9-10,12,14,21-22,25-27H,3-4,6-8,11,13,15-20,23H2,1-2H3,(H,44,54)(H,43,46,48)(H,47,52,55). The highest BCUT2D eigenvalue weighted by Crippen LogP contribution is 2.40. The third kappa shape index (κ3) is 8.95. The molecule has 0 bridgehead atoms. The van der Waals surface area contributed by atoms with Crippen LogP contribution in [-0.2, 0) is 19.2 Å². The van der Waals surface area contributed by atoms with E-state index in [9.17, 15) is 24.0 Å². The lowest BCUT2D eigenvalue weighted by Crippen LogP contribution is -2.48. The molecule has 3 fully saturated rings. The van der Waals surface area contributed by atoms with Crippen molar-refractivity contribution in [3.8, 4) is 11.6 Å². The fraction of sp³-hybridized carbons (Fsp3) is 0.500. The van der Waals surface area contributed by atoms with E-state index in [1.165, 1.54) is 25.3 Å². The normalized spacial score (nSPS) is 20.0. The fourth-order valence-electron chi connectivity index (χ4n) is 7.94. The van der Waals surface area contributed by atoms with Gasteiger partial charge in [0.05, 0.1) is 43.8 Å². The Hall–Kier alpha value is -5.94. The average Bonchev–Trinajstić information content (AvgIpc) is 3.74. The van der Waals surface area contributed by atoms with Crippen LogP contribution < -0.4 is 35.2 Å². The van der Waals surface area contributed by atoms with Crippen molar-refractivity contribution in [3.05, 3.63) is 53.9 Å². The molecule has 308 valence electrons. The van der Waals surface area contributed by atoms with Crippen molar-refractivity contribution < 1.29 is 42.2 Å². The van der Waals surface area contributed by atoms with E-state index in [4.69, 9.17) is 9.47 Å². The molecule has 7 rings (SSSR count). The molecule has 0 radical (unpaired) electrons. The monoisotopic (exact) mass is 803 g/mol. The predicted molar refractivity (Wildman–Crippen MR) is 207 cm³/mol. The number of anilines is 4. The maximum atomic E-state index is 15.0. The quantitative estimate of drug-likeness (QED) is 0.176. The number of amides is 5. The summed E-state index contributed by atoms with van der Waals surface area (Å²) in [4.78, 5) is 80.2. The zero-order valence-electron chi connectivity index (χ0n) is 32.5. The number of imide groups is 1. The van der Waals surface area contributed by atoms with Crippen LogP contribution in [0.3, 0.4) is 0 Å². The van der Waals surface area contributed by atoms with E-state index in [2.05, 4.69) is 30.9 Å². The number of aromatic nitrogens is 3. The van der Waals surface area contributed by atoms with Crippen molar-refractivity contribution in [2.24, 2.45) is 0 Å². The molecule has 58 heavy (non-hydrogen) atoms. The Balaban J connectivity index is 0.893. The zero-order chi connectivity index (χ0) is 41.0. The number of methoxy groups -OCH3 is 1. The Labute approximate surface area is 334 Å². The highest BCUT2D eigenvalue weighted by molar-refractivity contribution is 6.02. The van der Waals surface area contributed by atoms with Gasteiger partial charge in [0.25, 0.3) is 11.8 Å². The zero-order valence-corrected chi connectivity index (χ0v) is 32.5. The Morgan fingerprint density at radius 3 is 2.53 bits per heavy atom. The summed E-state index contributed by atoms with van der Waals surface area (Å²) >= 11 is 0. The Morgan fingerprint density at radius 1 is 1.02 bits per heavy atom. The summed E-state index contributed by atoms with van der Waals surface area (Å²) in [6.45, 7) is 0.483. The Morgan fingerprint density at radius 2 is 1.79 bits per heavy atom. The van der Waals surface area contributed by atoms with Gasteiger partial charge >= 0.3 is 5.92 Å². The molecule has 3 aromatic rings. The minimum absolute atomic E-state index is 0.00499. The van der Waals surface area contributed by atoms with Crippen LogP contribution in [0.15, 0.2) is 42.6 Å². The number of benzene rings is 1. The molecule has 1 saturated carbocycles. The molecule has 5 heterocycles. The van der Waals surface area contributed by atoms with E-state index < -0.39 is 24.3 Å². The van der Waals surface area contributed by atoms with Gasteiger partial charge in [0.2, 0.25) is 29.5 Å². The molecule has 2 aromatic heterocycles. The maximum absolute atomic E-state index is 15.0. The molecular weight excluding hydrogens is 756 g/mol. The fourth-order valence-corrected chi connectivity index (χ4v) is 7.94. The first-order valence-electron chi connectivity index (χ1n) is 19.7. The van der Waals surface area contributed by atoms with E-state index >= 15 is 8.78 Å². The number of hydrogen-bond acceptors (Lipinski definition) is 12. The number of rotatable bonds is 12. The van der Waals surface area contributed by atoms with E-state index in [1.54, 1.807) is 41.3 Å². The molecule has 1 atom stereocenters. The molecule has 16 nitrogen and oxygen atoms in total. The number of nitrogens with one attached hydrogen (secondary N) is 3. The summed E-state index contributed by atoms with van der Waals surface area (Å²) in [6.07, 6.45) is 7.19. The lowest BCUT2D eigenvalue weighted by Gasteiger charge is -2.32. The summed E-state index contributed by atoms with van der Waals surface area (Å²) in [7, 11) is 2.76. The molecule has 4 aliphatic rings. The van der Waals surface area contributed by atoms with Crippen molar-refractivity contribution in [1.82, 2.24) is 30.5 Å². The third-order valence-electron chi connectivity index (χ3n) is 11.2. The van der Waals surface area contributed by atoms with Crippen molar-refractivity contribution in [2.45, 2.75) is 88.1 Å². The first-order chi connectivity index (χ1) is 27.9. The average molecular weight is 804 g/mol. The molecule has 1 aliphatic carbocycles. The number of alkyl halides is 2. The Kier molecular flexibility index (Phi) is 12.0. The van der Waals surface area contributed by atoms with Gasteiger partial charge in [0.1, 0.15) is 11.4 Å². The topological polar surface area (TPSA) is 188 Å². The Bertz CT molecular complexity index is 2060. The van der Waals surface area contributed by atoms with Gasteiger partial charge in [-0.15, -0.1) is 0 Å². The van der Waals surface area contributed by atoms with Crippen LogP contribution in [0.1, 0.15) is 86.2 Å². The number of carbonyl (C=O) groups excluding carboxylic acids is 5. The summed E-state index contributed by atoms with van der Waals surface area (Å²) in [5, 5.41) is 8.49. The summed E-state index contributed by atoms with van der Waals surface area (Å²) in [6, 6.07) is 9.71. The molecule has 2 saturated heterocycles. The number of pyridine rings is 1. The number of nitrogens with zero attached hydrogens (tertiary/aromatic N) is 6. The van der Waals surface area contributed by atoms with Crippen LogP contribution in [0.5, 0.6) is 11.6 Å². The summed E-state index contributed by atoms with van der Waals surface area (Å²) in [5.74, 6) is -5.32. The van der Waals surface area contributed by atoms with Gasteiger partial charge < -0.3 is 34.8 Å². The lowest BCUT2D eigenvalue weighted by molar-refractivity contribution is -0.140. The first kappa shape index (κ1) is 40.3. The number of halogens is 2. The third-order valence-corrected chi connectivity index (χ3v) is 11.2. The number of carbonyl (C=O) groups is 5. The van der Waals surface area contributed by atoms with Gasteiger partial charge in [0.15, 0.2) is 5.82 Å². The van der Waals surface area contributed by atoms with Gasteiger partial charge in [-0.25, -0.2) is 9.97 Å². The van der Waals surface area contributed by atoms with E-state index in [-0.39, 0.29) is 72.6 Å². The van der Waals surface area contributed by atoms with Crippen molar-refractivity contribution in [1.29, 1.82) is 0 Å². The van der Waals surface area contributed by atoms with Gasteiger partial charge in [-0.05, 0) is 62.8 Å².